The van der Waals surface area contributed by atoms with Crippen molar-refractivity contribution in [3.8, 4) is 5.75 Å². The monoisotopic (exact) mass is 288 g/mol. The number of methoxy groups -OCH3 is 1. The Morgan fingerprint density at radius 2 is 2.10 bits per heavy atom. The SMILES string of the molecule is CCC(C)n1ccc(CC(O)c2ccc(C)c(OC)c2)n1. The number of aryl methyl sites for hydroxylation is 1. The minimum Gasteiger partial charge on any atom is -0.496 e. The minimum absolute atomic E-state index is 0.385. The van der Waals surface area contributed by atoms with Gasteiger partial charge in [-0.25, -0.2) is 0 Å². The molecule has 2 aromatic rings. The van der Waals surface area contributed by atoms with Crippen molar-refractivity contribution in [1.82, 2.24) is 9.78 Å². The highest BCUT2D eigenvalue weighted by molar-refractivity contribution is 5.37. The van der Waals surface area contributed by atoms with Crippen molar-refractivity contribution in [3.63, 3.8) is 0 Å². The van der Waals surface area contributed by atoms with Crippen LogP contribution in [-0.4, -0.2) is 22.0 Å². The molecule has 2 unspecified atom stereocenters. The van der Waals surface area contributed by atoms with Crippen LogP contribution >= 0.6 is 0 Å². The van der Waals surface area contributed by atoms with E-state index in [-0.39, 0.29) is 0 Å². The van der Waals surface area contributed by atoms with Crippen molar-refractivity contribution < 1.29 is 9.84 Å². The van der Waals surface area contributed by atoms with Crippen LogP contribution in [0.15, 0.2) is 30.5 Å². The van der Waals surface area contributed by atoms with Crippen LogP contribution in [0.25, 0.3) is 0 Å². The zero-order valence-corrected chi connectivity index (χ0v) is 13.2. The lowest BCUT2D eigenvalue weighted by Gasteiger charge is -2.13. The van der Waals surface area contributed by atoms with E-state index in [1.165, 1.54) is 0 Å². The number of hydrogen-bond acceptors (Lipinski definition) is 3. The molecule has 0 amide bonds. The molecule has 2 atom stereocenters. The van der Waals surface area contributed by atoms with Crippen molar-refractivity contribution in [1.29, 1.82) is 0 Å². The Morgan fingerprint density at radius 3 is 2.76 bits per heavy atom. The molecule has 0 aliphatic rings. The molecule has 114 valence electrons. The highest BCUT2D eigenvalue weighted by atomic mass is 16.5. The molecule has 0 aliphatic heterocycles. The van der Waals surface area contributed by atoms with Crippen molar-refractivity contribution in [2.45, 2.75) is 45.8 Å². The molecule has 21 heavy (non-hydrogen) atoms. The van der Waals surface area contributed by atoms with Crippen molar-refractivity contribution in [2.75, 3.05) is 7.11 Å². The van der Waals surface area contributed by atoms with E-state index in [0.29, 0.717) is 12.5 Å². The van der Waals surface area contributed by atoms with E-state index in [4.69, 9.17) is 4.74 Å². The van der Waals surface area contributed by atoms with Crippen LogP contribution < -0.4 is 4.74 Å². The van der Waals surface area contributed by atoms with Gasteiger partial charge in [0, 0.05) is 18.7 Å². The average molecular weight is 288 g/mol. The maximum Gasteiger partial charge on any atom is 0.122 e. The summed E-state index contributed by atoms with van der Waals surface area (Å²) in [6.07, 6.45) is 2.96. The van der Waals surface area contributed by atoms with E-state index in [0.717, 1.165) is 29.0 Å². The summed E-state index contributed by atoms with van der Waals surface area (Å²) < 4.78 is 7.26. The first-order valence-corrected chi connectivity index (χ1v) is 7.41. The van der Waals surface area contributed by atoms with Gasteiger partial charge in [-0.15, -0.1) is 0 Å². The maximum atomic E-state index is 10.4. The molecule has 2 rings (SSSR count). The molecular formula is C17H24N2O2. The lowest BCUT2D eigenvalue weighted by molar-refractivity contribution is 0.176. The predicted octanol–water partition coefficient (Wildman–Crippen LogP) is 3.45. The van der Waals surface area contributed by atoms with Gasteiger partial charge in [-0.05, 0) is 43.5 Å². The molecule has 0 aliphatic carbocycles. The van der Waals surface area contributed by atoms with Gasteiger partial charge in [0.2, 0.25) is 0 Å². The third-order valence-electron chi connectivity index (χ3n) is 3.93. The summed E-state index contributed by atoms with van der Waals surface area (Å²) in [7, 11) is 1.65. The van der Waals surface area contributed by atoms with Crippen LogP contribution in [0.5, 0.6) is 5.75 Å². The van der Waals surface area contributed by atoms with Crippen LogP contribution in [-0.2, 0) is 6.42 Å². The van der Waals surface area contributed by atoms with Gasteiger partial charge in [0.1, 0.15) is 5.75 Å². The largest absolute Gasteiger partial charge is 0.496 e. The third kappa shape index (κ3) is 3.64. The molecule has 4 heteroatoms. The van der Waals surface area contributed by atoms with Crippen molar-refractivity contribution >= 4 is 0 Å². The van der Waals surface area contributed by atoms with E-state index in [1.807, 2.05) is 42.1 Å². The van der Waals surface area contributed by atoms with Gasteiger partial charge >= 0.3 is 0 Å². The fourth-order valence-electron chi connectivity index (χ4n) is 2.28. The van der Waals surface area contributed by atoms with Gasteiger partial charge in [0.25, 0.3) is 0 Å². The number of nitrogens with zero attached hydrogens (tertiary/aromatic N) is 2. The zero-order chi connectivity index (χ0) is 15.4. The van der Waals surface area contributed by atoms with E-state index < -0.39 is 6.10 Å². The normalized spacial score (nSPS) is 14.0. The molecule has 0 saturated carbocycles. The molecule has 1 aromatic carbocycles. The fourth-order valence-corrected chi connectivity index (χ4v) is 2.28. The number of ether oxygens (including phenoxy) is 1. The zero-order valence-electron chi connectivity index (χ0n) is 13.2. The smallest absolute Gasteiger partial charge is 0.122 e. The van der Waals surface area contributed by atoms with Gasteiger partial charge < -0.3 is 9.84 Å². The highest BCUT2D eigenvalue weighted by Gasteiger charge is 2.13. The molecule has 0 radical (unpaired) electrons. The number of aromatic nitrogens is 2. The van der Waals surface area contributed by atoms with Crippen molar-refractivity contribution in [2.24, 2.45) is 0 Å². The van der Waals surface area contributed by atoms with Gasteiger partial charge in [-0.1, -0.05) is 19.1 Å². The Balaban J connectivity index is 2.10. The van der Waals surface area contributed by atoms with Gasteiger partial charge in [-0.2, -0.15) is 5.10 Å². The maximum absolute atomic E-state index is 10.4. The summed E-state index contributed by atoms with van der Waals surface area (Å²) in [5, 5.41) is 14.9. The van der Waals surface area contributed by atoms with E-state index >= 15 is 0 Å². The molecular weight excluding hydrogens is 264 g/mol. The summed E-state index contributed by atoms with van der Waals surface area (Å²) in [6.45, 7) is 6.26. The quantitative estimate of drug-likeness (QED) is 0.885. The van der Waals surface area contributed by atoms with Crippen LogP contribution in [0, 0.1) is 6.92 Å². The predicted molar refractivity (Wildman–Crippen MR) is 83.6 cm³/mol. The standard InChI is InChI=1S/C17H24N2O2/c1-5-13(3)19-9-8-15(18-19)11-16(20)14-7-6-12(2)17(10-14)21-4/h6-10,13,16,20H,5,11H2,1-4H3. The molecule has 1 aromatic heterocycles. The molecule has 0 spiro atoms. The summed E-state index contributed by atoms with van der Waals surface area (Å²) in [5.74, 6) is 0.802. The highest BCUT2D eigenvalue weighted by Crippen LogP contribution is 2.25. The van der Waals surface area contributed by atoms with Gasteiger partial charge in [-0.3, -0.25) is 4.68 Å². The molecule has 1 heterocycles. The first-order chi connectivity index (χ1) is 10.0. The molecule has 0 saturated heterocycles. The lowest BCUT2D eigenvalue weighted by atomic mass is 10.0. The van der Waals surface area contributed by atoms with Crippen LogP contribution in [0.2, 0.25) is 0 Å². The summed E-state index contributed by atoms with van der Waals surface area (Å²) in [5.41, 5.74) is 2.83. The van der Waals surface area contributed by atoms with E-state index in [2.05, 4.69) is 18.9 Å². The minimum atomic E-state index is -0.570. The Morgan fingerprint density at radius 1 is 1.33 bits per heavy atom. The molecule has 0 bridgehead atoms. The Labute approximate surface area is 126 Å². The molecule has 0 fully saturated rings. The number of rotatable bonds is 6. The third-order valence-corrected chi connectivity index (χ3v) is 3.93. The van der Waals surface area contributed by atoms with Gasteiger partial charge in [0.05, 0.1) is 18.9 Å². The number of hydrogen-bond donors (Lipinski definition) is 1. The second-order valence-electron chi connectivity index (χ2n) is 5.49. The summed E-state index contributed by atoms with van der Waals surface area (Å²) in [6, 6.07) is 8.16. The molecule has 4 nitrogen and oxygen atoms in total. The van der Waals surface area contributed by atoms with E-state index in [9.17, 15) is 5.11 Å². The number of benzene rings is 1. The Hall–Kier alpha value is -1.81. The second kappa shape index (κ2) is 6.76. The topological polar surface area (TPSA) is 47.3 Å². The number of aliphatic hydroxyl groups is 1. The summed E-state index contributed by atoms with van der Waals surface area (Å²) in [4.78, 5) is 0. The van der Waals surface area contributed by atoms with Gasteiger partial charge in [0.15, 0.2) is 0 Å². The average Bonchev–Trinajstić information content (AvgIpc) is 2.95. The van der Waals surface area contributed by atoms with Crippen LogP contribution in [0.4, 0.5) is 0 Å². The first kappa shape index (κ1) is 15.6. The molecule has 1 N–H and O–H groups in total. The lowest BCUT2D eigenvalue weighted by Crippen LogP contribution is -2.07. The number of aliphatic hydroxyl groups excluding tert-OH is 1. The van der Waals surface area contributed by atoms with Crippen LogP contribution in [0.1, 0.15) is 49.2 Å². The first-order valence-electron chi connectivity index (χ1n) is 7.41. The fraction of sp³-hybridized carbons (Fsp3) is 0.471. The van der Waals surface area contributed by atoms with Crippen molar-refractivity contribution in [3.05, 3.63) is 47.3 Å². The Kier molecular flexibility index (Phi) is 5.02. The summed E-state index contributed by atoms with van der Waals surface area (Å²) >= 11 is 0. The second-order valence-corrected chi connectivity index (χ2v) is 5.49. The van der Waals surface area contributed by atoms with E-state index in [1.54, 1.807) is 7.11 Å². The Bertz CT molecular complexity index is 592. The van der Waals surface area contributed by atoms with Crippen LogP contribution in [0.3, 0.4) is 0 Å².